The maximum atomic E-state index is 12.5. The Morgan fingerprint density at radius 2 is 1.83 bits per heavy atom. The number of nitrogens with zero attached hydrogens (tertiary/aromatic N) is 2. The van der Waals surface area contributed by atoms with Crippen LogP contribution < -0.4 is 5.32 Å². The standard InChI is InChI=1S/C25H25N3O/c1-17-13-21(14-22(16-26)25(29)27-23-9-5-6-10-23)18(2)28(17)24-12-11-19-7-3-4-8-20(19)15-24/h3-4,7-8,11-15,23H,5-6,9-10H2,1-2H3,(H,27,29)/b22-14-. The molecule has 2 aromatic carbocycles. The molecule has 0 atom stereocenters. The van der Waals surface area contributed by atoms with Crippen LogP contribution in [0.15, 0.2) is 54.1 Å². The van der Waals surface area contributed by atoms with Crippen LogP contribution in [0.5, 0.6) is 0 Å². The van der Waals surface area contributed by atoms with E-state index in [-0.39, 0.29) is 17.5 Å². The zero-order valence-electron chi connectivity index (χ0n) is 16.9. The van der Waals surface area contributed by atoms with Crippen LogP contribution in [-0.4, -0.2) is 16.5 Å². The predicted molar refractivity (Wildman–Crippen MR) is 117 cm³/mol. The molecule has 4 heteroatoms. The number of fused-ring (bicyclic) bond motifs is 1. The molecule has 1 fully saturated rings. The highest BCUT2D eigenvalue weighted by Gasteiger charge is 2.20. The number of carbonyl (C=O) groups excluding carboxylic acids is 1. The molecule has 4 rings (SSSR count). The van der Waals surface area contributed by atoms with Crippen molar-refractivity contribution < 1.29 is 4.79 Å². The molecule has 146 valence electrons. The number of carbonyl (C=O) groups is 1. The van der Waals surface area contributed by atoms with Crippen molar-refractivity contribution in [3.63, 3.8) is 0 Å². The zero-order chi connectivity index (χ0) is 20.4. The molecule has 0 spiro atoms. The number of amides is 1. The smallest absolute Gasteiger partial charge is 0.262 e. The summed E-state index contributed by atoms with van der Waals surface area (Å²) in [5.74, 6) is -0.269. The SMILES string of the molecule is Cc1cc(/C=C(/C#N)C(=O)NC2CCCC2)c(C)n1-c1ccc2ccccc2c1. The van der Waals surface area contributed by atoms with Crippen molar-refractivity contribution in [2.75, 3.05) is 0 Å². The summed E-state index contributed by atoms with van der Waals surface area (Å²) in [4.78, 5) is 12.5. The largest absolute Gasteiger partial charge is 0.349 e. The molecular weight excluding hydrogens is 358 g/mol. The Bertz CT molecular complexity index is 1140. The first-order valence-corrected chi connectivity index (χ1v) is 10.2. The van der Waals surface area contributed by atoms with Gasteiger partial charge in [-0.05, 0) is 67.3 Å². The summed E-state index contributed by atoms with van der Waals surface area (Å²) in [6.07, 6.45) is 6.00. The van der Waals surface area contributed by atoms with Crippen LogP contribution in [0, 0.1) is 25.2 Å². The highest BCUT2D eigenvalue weighted by molar-refractivity contribution is 6.02. The number of hydrogen-bond donors (Lipinski definition) is 1. The van der Waals surface area contributed by atoms with Crippen molar-refractivity contribution >= 4 is 22.8 Å². The first kappa shape index (κ1) is 19.0. The van der Waals surface area contributed by atoms with E-state index in [9.17, 15) is 10.1 Å². The molecule has 0 bridgehead atoms. The monoisotopic (exact) mass is 383 g/mol. The van der Waals surface area contributed by atoms with Gasteiger partial charge in [0.15, 0.2) is 0 Å². The lowest BCUT2D eigenvalue weighted by molar-refractivity contribution is -0.117. The lowest BCUT2D eigenvalue weighted by Crippen LogP contribution is -2.33. The second kappa shape index (κ2) is 7.97. The molecule has 1 aliphatic carbocycles. The number of aryl methyl sites for hydroxylation is 1. The van der Waals surface area contributed by atoms with Gasteiger partial charge >= 0.3 is 0 Å². The van der Waals surface area contributed by atoms with Gasteiger partial charge in [0.2, 0.25) is 0 Å². The Morgan fingerprint density at radius 1 is 1.10 bits per heavy atom. The molecule has 1 amide bonds. The highest BCUT2D eigenvalue weighted by Crippen LogP contribution is 2.26. The lowest BCUT2D eigenvalue weighted by atomic mass is 10.1. The van der Waals surface area contributed by atoms with Crippen LogP contribution in [0.3, 0.4) is 0 Å². The van der Waals surface area contributed by atoms with E-state index in [2.05, 4.69) is 46.3 Å². The van der Waals surface area contributed by atoms with Gasteiger partial charge in [-0.25, -0.2) is 0 Å². The van der Waals surface area contributed by atoms with E-state index < -0.39 is 0 Å². The molecule has 0 saturated heterocycles. The molecule has 29 heavy (non-hydrogen) atoms. The average Bonchev–Trinajstić information content (AvgIpc) is 3.33. The van der Waals surface area contributed by atoms with E-state index in [4.69, 9.17) is 0 Å². The van der Waals surface area contributed by atoms with Crippen molar-refractivity contribution in [1.82, 2.24) is 9.88 Å². The number of aromatic nitrogens is 1. The van der Waals surface area contributed by atoms with Gasteiger partial charge in [-0.15, -0.1) is 0 Å². The molecule has 4 nitrogen and oxygen atoms in total. The number of rotatable bonds is 4. The van der Waals surface area contributed by atoms with Crippen LogP contribution in [0.4, 0.5) is 0 Å². The Balaban J connectivity index is 1.67. The predicted octanol–water partition coefficient (Wildman–Crippen LogP) is 5.21. The third-order valence-corrected chi connectivity index (χ3v) is 5.82. The summed E-state index contributed by atoms with van der Waals surface area (Å²) in [6, 6.07) is 19.0. The Morgan fingerprint density at radius 3 is 2.55 bits per heavy atom. The van der Waals surface area contributed by atoms with Gasteiger partial charge in [0.05, 0.1) is 0 Å². The molecule has 1 aliphatic rings. The second-order valence-corrected chi connectivity index (χ2v) is 7.82. The van der Waals surface area contributed by atoms with Gasteiger partial charge in [0.1, 0.15) is 11.6 Å². The summed E-state index contributed by atoms with van der Waals surface area (Å²) in [6.45, 7) is 4.07. The van der Waals surface area contributed by atoms with Gasteiger partial charge in [0.25, 0.3) is 5.91 Å². The Kier molecular flexibility index (Phi) is 5.22. The van der Waals surface area contributed by atoms with Gasteiger partial charge in [-0.2, -0.15) is 5.26 Å². The molecule has 1 aromatic heterocycles. The molecule has 1 saturated carbocycles. The van der Waals surface area contributed by atoms with Crippen molar-refractivity contribution in [2.24, 2.45) is 0 Å². The van der Waals surface area contributed by atoms with E-state index in [1.54, 1.807) is 6.08 Å². The van der Waals surface area contributed by atoms with Crippen molar-refractivity contribution in [2.45, 2.75) is 45.6 Å². The third kappa shape index (κ3) is 3.82. The van der Waals surface area contributed by atoms with Crippen molar-refractivity contribution in [1.29, 1.82) is 5.26 Å². The van der Waals surface area contributed by atoms with Crippen LogP contribution in [0.1, 0.15) is 42.6 Å². The summed E-state index contributed by atoms with van der Waals surface area (Å²) in [7, 11) is 0. The molecule has 0 aliphatic heterocycles. The molecule has 0 unspecified atom stereocenters. The number of hydrogen-bond acceptors (Lipinski definition) is 2. The van der Waals surface area contributed by atoms with Crippen LogP contribution >= 0.6 is 0 Å². The zero-order valence-corrected chi connectivity index (χ0v) is 16.9. The topological polar surface area (TPSA) is 57.8 Å². The van der Waals surface area contributed by atoms with Crippen LogP contribution in [0.2, 0.25) is 0 Å². The highest BCUT2D eigenvalue weighted by atomic mass is 16.1. The first-order valence-electron chi connectivity index (χ1n) is 10.2. The molecule has 1 heterocycles. The van der Waals surface area contributed by atoms with E-state index >= 15 is 0 Å². The Labute approximate surface area is 171 Å². The fourth-order valence-corrected chi connectivity index (χ4v) is 4.28. The van der Waals surface area contributed by atoms with E-state index in [0.717, 1.165) is 48.3 Å². The fraction of sp³-hybridized carbons (Fsp3) is 0.280. The Hall–Kier alpha value is -3.32. The number of nitriles is 1. The van der Waals surface area contributed by atoms with Crippen LogP contribution in [0.25, 0.3) is 22.5 Å². The van der Waals surface area contributed by atoms with Gasteiger partial charge in [0, 0.05) is 23.1 Å². The minimum atomic E-state index is -0.269. The first-order chi connectivity index (χ1) is 14.1. The average molecular weight is 383 g/mol. The molecule has 0 radical (unpaired) electrons. The fourth-order valence-electron chi connectivity index (χ4n) is 4.28. The van der Waals surface area contributed by atoms with Crippen LogP contribution in [-0.2, 0) is 4.79 Å². The quantitative estimate of drug-likeness (QED) is 0.496. The maximum Gasteiger partial charge on any atom is 0.262 e. The van der Waals surface area contributed by atoms with E-state index in [0.29, 0.717) is 0 Å². The molecule has 1 N–H and O–H groups in total. The van der Waals surface area contributed by atoms with Crippen molar-refractivity contribution in [3.8, 4) is 11.8 Å². The van der Waals surface area contributed by atoms with E-state index in [1.165, 1.54) is 10.8 Å². The summed E-state index contributed by atoms with van der Waals surface area (Å²) in [5.41, 5.74) is 4.22. The minimum Gasteiger partial charge on any atom is -0.349 e. The lowest BCUT2D eigenvalue weighted by Gasteiger charge is -2.12. The molecule has 3 aromatic rings. The van der Waals surface area contributed by atoms with Gasteiger partial charge in [-0.3, -0.25) is 4.79 Å². The second-order valence-electron chi connectivity index (χ2n) is 7.82. The number of benzene rings is 2. The van der Waals surface area contributed by atoms with Gasteiger partial charge < -0.3 is 9.88 Å². The minimum absolute atomic E-state index is 0.163. The van der Waals surface area contributed by atoms with Crippen molar-refractivity contribution in [3.05, 3.63) is 71.1 Å². The summed E-state index contributed by atoms with van der Waals surface area (Å²) in [5, 5.41) is 14.9. The molecular formula is C25H25N3O. The third-order valence-electron chi connectivity index (χ3n) is 5.82. The van der Waals surface area contributed by atoms with Gasteiger partial charge in [-0.1, -0.05) is 43.2 Å². The summed E-state index contributed by atoms with van der Waals surface area (Å²) >= 11 is 0. The normalized spacial score (nSPS) is 14.9. The van der Waals surface area contributed by atoms with E-state index in [1.807, 2.05) is 32.0 Å². The number of nitrogens with one attached hydrogen (secondary N) is 1. The maximum absolute atomic E-state index is 12.5. The summed E-state index contributed by atoms with van der Waals surface area (Å²) < 4.78 is 2.17.